The van der Waals surface area contributed by atoms with Crippen molar-refractivity contribution in [2.45, 2.75) is 12.3 Å². The lowest BCUT2D eigenvalue weighted by molar-refractivity contribution is -0.122. The van der Waals surface area contributed by atoms with Gasteiger partial charge in [0.1, 0.15) is 11.6 Å². The first-order valence-corrected chi connectivity index (χ1v) is 7.06. The molecule has 2 unspecified atom stereocenters. The van der Waals surface area contributed by atoms with Gasteiger partial charge in [0.15, 0.2) is 0 Å². The summed E-state index contributed by atoms with van der Waals surface area (Å²) < 4.78 is 32.1. The molecule has 0 spiro atoms. The number of hydrogen-bond acceptors (Lipinski definition) is 3. The first-order valence-electron chi connectivity index (χ1n) is 7.06. The van der Waals surface area contributed by atoms with Gasteiger partial charge in [-0.1, -0.05) is 6.07 Å². The first-order chi connectivity index (χ1) is 10.1. The molecule has 0 radical (unpaired) electrons. The van der Waals surface area contributed by atoms with Gasteiger partial charge in [0.05, 0.1) is 6.61 Å². The lowest BCUT2D eigenvalue weighted by Gasteiger charge is -2.07. The van der Waals surface area contributed by atoms with E-state index in [2.05, 4.69) is 10.6 Å². The quantitative estimate of drug-likeness (QED) is 0.713. The summed E-state index contributed by atoms with van der Waals surface area (Å²) in [5.41, 5.74) is 0.0378. The van der Waals surface area contributed by atoms with Crippen molar-refractivity contribution in [3.05, 3.63) is 35.4 Å². The normalized spacial score (nSPS) is 19.4. The van der Waals surface area contributed by atoms with Crippen LogP contribution in [0.15, 0.2) is 18.2 Å². The number of nitrogens with one attached hydrogen (secondary N) is 2. The Kier molecular flexibility index (Phi) is 7.72. The van der Waals surface area contributed by atoms with Crippen molar-refractivity contribution in [1.82, 2.24) is 10.6 Å². The second-order valence-electron chi connectivity index (χ2n) is 5.12. The van der Waals surface area contributed by atoms with E-state index in [4.69, 9.17) is 4.74 Å². The summed E-state index contributed by atoms with van der Waals surface area (Å²) in [5.74, 6) is -1.95. The van der Waals surface area contributed by atoms with E-state index in [1.807, 2.05) is 0 Å². The van der Waals surface area contributed by atoms with Crippen LogP contribution in [0.5, 0.6) is 0 Å². The molecule has 1 aliphatic rings. The fourth-order valence-corrected chi connectivity index (χ4v) is 2.37. The van der Waals surface area contributed by atoms with Crippen LogP contribution in [-0.4, -0.2) is 39.3 Å². The van der Waals surface area contributed by atoms with Crippen molar-refractivity contribution < 1.29 is 18.3 Å². The third kappa shape index (κ3) is 4.90. The number of carbonyl (C=O) groups is 1. The molecule has 2 atom stereocenters. The summed E-state index contributed by atoms with van der Waals surface area (Å²) in [6.45, 7) is 2.47. The van der Waals surface area contributed by atoms with Gasteiger partial charge in [-0.15, -0.1) is 12.4 Å². The van der Waals surface area contributed by atoms with Gasteiger partial charge in [-0.2, -0.15) is 0 Å². The van der Waals surface area contributed by atoms with Crippen molar-refractivity contribution in [2.75, 3.05) is 33.4 Å². The van der Waals surface area contributed by atoms with Crippen LogP contribution < -0.4 is 10.6 Å². The van der Waals surface area contributed by atoms with Crippen molar-refractivity contribution in [3.63, 3.8) is 0 Å². The van der Waals surface area contributed by atoms with Crippen LogP contribution in [0.25, 0.3) is 0 Å². The molecule has 2 N–H and O–H groups in total. The van der Waals surface area contributed by atoms with E-state index < -0.39 is 11.6 Å². The molecule has 1 saturated carbocycles. The molecule has 1 aromatic carbocycles. The molecule has 4 nitrogen and oxygen atoms in total. The zero-order chi connectivity index (χ0) is 15.2. The fourth-order valence-electron chi connectivity index (χ4n) is 2.37. The highest BCUT2D eigenvalue weighted by molar-refractivity contribution is 5.85. The van der Waals surface area contributed by atoms with Gasteiger partial charge in [0.2, 0.25) is 5.91 Å². The highest BCUT2D eigenvalue weighted by atomic mass is 35.5. The maximum absolute atomic E-state index is 13.6. The lowest BCUT2D eigenvalue weighted by Crippen LogP contribution is -2.34. The Labute approximate surface area is 135 Å². The Bertz CT molecular complexity index is 482. The van der Waals surface area contributed by atoms with E-state index in [1.165, 1.54) is 18.2 Å². The second kappa shape index (κ2) is 9.02. The van der Waals surface area contributed by atoms with Crippen molar-refractivity contribution >= 4 is 18.3 Å². The topological polar surface area (TPSA) is 50.4 Å². The first kappa shape index (κ1) is 18.8. The summed E-state index contributed by atoms with van der Waals surface area (Å²) >= 11 is 0. The Morgan fingerprint density at radius 3 is 2.59 bits per heavy atom. The van der Waals surface area contributed by atoms with E-state index in [0.29, 0.717) is 26.1 Å². The zero-order valence-electron chi connectivity index (χ0n) is 12.4. The molecular weight excluding hydrogens is 314 g/mol. The smallest absolute Gasteiger partial charge is 0.223 e. The molecule has 0 aromatic heterocycles. The Morgan fingerprint density at radius 2 is 1.95 bits per heavy atom. The molecular formula is C15H21ClF2N2O2. The largest absolute Gasteiger partial charge is 0.383 e. The monoisotopic (exact) mass is 334 g/mol. The van der Waals surface area contributed by atoms with Gasteiger partial charge in [0.25, 0.3) is 0 Å². The molecule has 0 saturated heterocycles. The van der Waals surface area contributed by atoms with E-state index >= 15 is 0 Å². The third-order valence-corrected chi connectivity index (χ3v) is 3.58. The predicted molar refractivity (Wildman–Crippen MR) is 82.2 cm³/mol. The summed E-state index contributed by atoms with van der Waals surface area (Å²) in [7, 11) is 1.62. The summed E-state index contributed by atoms with van der Waals surface area (Å²) in [6, 6.07) is 3.79. The maximum atomic E-state index is 13.6. The van der Waals surface area contributed by atoms with Gasteiger partial charge in [-0.05, 0) is 18.6 Å². The highest BCUT2D eigenvalue weighted by Crippen LogP contribution is 2.49. The van der Waals surface area contributed by atoms with Crippen LogP contribution in [0.2, 0.25) is 0 Å². The molecule has 22 heavy (non-hydrogen) atoms. The number of halogens is 3. The van der Waals surface area contributed by atoms with E-state index in [0.717, 1.165) is 6.54 Å². The van der Waals surface area contributed by atoms with Crippen LogP contribution in [0, 0.1) is 17.6 Å². The number of methoxy groups -OCH3 is 1. The third-order valence-electron chi connectivity index (χ3n) is 3.58. The SMILES string of the molecule is COCCNCCNC(=O)C1CC1c1c(F)cccc1F.Cl. The van der Waals surface area contributed by atoms with Gasteiger partial charge >= 0.3 is 0 Å². The number of carbonyl (C=O) groups excluding carboxylic acids is 1. The Hall–Kier alpha value is -1.24. The Morgan fingerprint density at radius 1 is 1.27 bits per heavy atom. The summed E-state index contributed by atoms with van der Waals surface area (Å²) in [4.78, 5) is 11.9. The maximum Gasteiger partial charge on any atom is 0.223 e. The second-order valence-corrected chi connectivity index (χ2v) is 5.12. The minimum atomic E-state index is -0.573. The number of ether oxygens (including phenoxy) is 1. The number of rotatable bonds is 8. The minimum Gasteiger partial charge on any atom is -0.383 e. The standard InChI is InChI=1S/C15H20F2N2O2.ClH/c1-21-8-7-18-5-6-19-15(20)11-9-10(11)14-12(16)3-2-4-13(14)17;/h2-4,10-11,18H,5-9H2,1H3,(H,19,20);1H. The van der Waals surface area contributed by atoms with Crippen LogP contribution in [0.4, 0.5) is 8.78 Å². The van der Waals surface area contributed by atoms with Crippen molar-refractivity contribution in [3.8, 4) is 0 Å². The molecule has 7 heteroatoms. The van der Waals surface area contributed by atoms with Gasteiger partial charge < -0.3 is 15.4 Å². The molecule has 2 rings (SSSR count). The number of benzene rings is 1. The zero-order valence-corrected chi connectivity index (χ0v) is 13.2. The summed E-state index contributed by atoms with van der Waals surface area (Å²) in [6.07, 6.45) is 0.501. The van der Waals surface area contributed by atoms with Gasteiger partial charge in [0, 0.05) is 44.1 Å². The van der Waals surface area contributed by atoms with Crippen molar-refractivity contribution in [2.24, 2.45) is 5.92 Å². The molecule has 124 valence electrons. The van der Waals surface area contributed by atoms with Crippen LogP contribution in [0.3, 0.4) is 0 Å². The van der Waals surface area contributed by atoms with E-state index in [-0.39, 0.29) is 35.7 Å². The van der Waals surface area contributed by atoms with E-state index in [1.54, 1.807) is 7.11 Å². The lowest BCUT2D eigenvalue weighted by atomic mass is 10.1. The average Bonchev–Trinajstić information content (AvgIpc) is 3.22. The van der Waals surface area contributed by atoms with Crippen LogP contribution >= 0.6 is 12.4 Å². The van der Waals surface area contributed by atoms with Crippen LogP contribution in [0.1, 0.15) is 17.9 Å². The highest BCUT2D eigenvalue weighted by Gasteiger charge is 2.46. The summed E-state index contributed by atoms with van der Waals surface area (Å²) in [5, 5.41) is 5.88. The number of hydrogen-bond donors (Lipinski definition) is 2. The Balaban J connectivity index is 0.00000242. The molecule has 0 bridgehead atoms. The predicted octanol–water partition coefficient (Wildman–Crippen LogP) is 1.84. The molecule has 1 aliphatic carbocycles. The number of amides is 1. The van der Waals surface area contributed by atoms with Crippen molar-refractivity contribution in [1.29, 1.82) is 0 Å². The van der Waals surface area contributed by atoms with Gasteiger partial charge in [-0.25, -0.2) is 8.78 Å². The molecule has 1 amide bonds. The molecule has 0 heterocycles. The molecule has 0 aliphatic heterocycles. The van der Waals surface area contributed by atoms with Crippen LogP contribution in [-0.2, 0) is 9.53 Å². The fraction of sp³-hybridized carbons (Fsp3) is 0.533. The molecule has 1 aromatic rings. The average molecular weight is 335 g/mol. The molecule has 1 fully saturated rings. The van der Waals surface area contributed by atoms with Gasteiger partial charge in [-0.3, -0.25) is 4.79 Å². The van der Waals surface area contributed by atoms with E-state index in [9.17, 15) is 13.6 Å². The minimum absolute atomic E-state index is 0.